The van der Waals surface area contributed by atoms with Crippen LogP contribution < -0.4 is 20.1 Å². The van der Waals surface area contributed by atoms with Gasteiger partial charge in [0.15, 0.2) is 11.5 Å². The van der Waals surface area contributed by atoms with Crippen LogP contribution in [-0.2, 0) is 10.0 Å². The van der Waals surface area contributed by atoms with Gasteiger partial charge in [0.05, 0.1) is 18.1 Å². The molecule has 0 spiro atoms. The van der Waals surface area contributed by atoms with Crippen molar-refractivity contribution in [3.8, 4) is 11.5 Å². The first-order valence-corrected chi connectivity index (χ1v) is 6.24. The van der Waals surface area contributed by atoms with Crippen molar-refractivity contribution in [3.05, 3.63) is 18.2 Å². The fourth-order valence-corrected chi connectivity index (χ4v) is 2.02. The first-order valence-electron chi connectivity index (χ1n) is 4.75. The predicted molar refractivity (Wildman–Crippen MR) is 56.6 cm³/mol. The second kappa shape index (κ2) is 4.28. The van der Waals surface area contributed by atoms with Crippen LogP contribution in [0.3, 0.4) is 0 Å². The third-order valence-corrected chi connectivity index (χ3v) is 3.37. The normalized spacial score (nSPS) is 15.6. The third kappa shape index (κ3) is 2.11. The average molecular weight is 244 g/mol. The SMILES string of the molecule is NNS(=O)(=O)c1ccc2c(c1)OCCCO2. The van der Waals surface area contributed by atoms with Crippen molar-refractivity contribution >= 4 is 10.0 Å². The average Bonchev–Trinajstić information content (AvgIpc) is 2.53. The minimum atomic E-state index is -3.65. The van der Waals surface area contributed by atoms with Gasteiger partial charge in [0.25, 0.3) is 10.0 Å². The van der Waals surface area contributed by atoms with Gasteiger partial charge >= 0.3 is 0 Å². The van der Waals surface area contributed by atoms with Crippen molar-refractivity contribution in [2.24, 2.45) is 5.84 Å². The number of fused-ring (bicyclic) bond motifs is 1. The van der Waals surface area contributed by atoms with Gasteiger partial charge in [-0.3, -0.25) is 5.84 Å². The minimum absolute atomic E-state index is 0.0549. The van der Waals surface area contributed by atoms with Gasteiger partial charge in [0.1, 0.15) is 0 Å². The maximum absolute atomic E-state index is 11.4. The van der Waals surface area contributed by atoms with Crippen LogP contribution in [0.25, 0.3) is 0 Å². The summed E-state index contributed by atoms with van der Waals surface area (Å²) in [5.41, 5.74) is 0. The molecule has 1 aliphatic rings. The van der Waals surface area contributed by atoms with E-state index in [9.17, 15) is 8.42 Å². The number of nitrogens with two attached hydrogens (primary N) is 1. The highest BCUT2D eigenvalue weighted by molar-refractivity contribution is 7.89. The highest BCUT2D eigenvalue weighted by Gasteiger charge is 2.17. The molecule has 0 unspecified atom stereocenters. The van der Waals surface area contributed by atoms with Gasteiger partial charge in [0, 0.05) is 12.5 Å². The molecule has 0 fully saturated rings. The standard InChI is InChI=1S/C9H12N2O4S/c10-11-16(12,13)7-2-3-8-9(6-7)15-5-1-4-14-8/h2-3,6,11H,1,4-5,10H2. The number of sulfonamides is 1. The van der Waals surface area contributed by atoms with Crippen LogP contribution in [0.4, 0.5) is 0 Å². The van der Waals surface area contributed by atoms with E-state index in [1.165, 1.54) is 12.1 Å². The largest absolute Gasteiger partial charge is 0.490 e. The van der Waals surface area contributed by atoms with Gasteiger partial charge in [-0.2, -0.15) is 4.83 Å². The molecular formula is C9H12N2O4S. The number of hydrazine groups is 1. The molecule has 1 heterocycles. The molecule has 1 aromatic carbocycles. The summed E-state index contributed by atoms with van der Waals surface area (Å²) >= 11 is 0. The Morgan fingerprint density at radius 1 is 1.19 bits per heavy atom. The Kier molecular flexibility index (Phi) is 2.99. The second-order valence-electron chi connectivity index (χ2n) is 3.28. The Labute approximate surface area is 93.4 Å². The number of rotatable bonds is 2. The Morgan fingerprint density at radius 3 is 2.56 bits per heavy atom. The number of hydrogen-bond acceptors (Lipinski definition) is 5. The fourth-order valence-electron chi connectivity index (χ4n) is 1.38. The molecule has 2 rings (SSSR count). The van der Waals surface area contributed by atoms with Crippen molar-refractivity contribution in [2.75, 3.05) is 13.2 Å². The van der Waals surface area contributed by atoms with Gasteiger partial charge < -0.3 is 9.47 Å². The van der Waals surface area contributed by atoms with Gasteiger partial charge in [-0.15, -0.1) is 0 Å². The van der Waals surface area contributed by atoms with E-state index in [0.717, 1.165) is 6.42 Å². The minimum Gasteiger partial charge on any atom is -0.490 e. The van der Waals surface area contributed by atoms with Gasteiger partial charge in [-0.25, -0.2) is 8.42 Å². The smallest absolute Gasteiger partial charge is 0.253 e. The van der Waals surface area contributed by atoms with Crippen molar-refractivity contribution in [2.45, 2.75) is 11.3 Å². The lowest BCUT2D eigenvalue weighted by Crippen LogP contribution is -2.30. The predicted octanol–water partition coefficient (Wildman–Crippen LogP) is -0.0001000. The third-order valence-electron chi connectivity index (χ3n) is 2.18. The van der Waals surface area contributed by atoms with E-state index in [-0.39, 0.29) is 4.90 Å². The number of nitrogens with one attached hydrogen (secondary N) is 1. The summed E-state index contributed by atoms with van der Waals surface area (Å²) in [6.07, 6.45) is 0.770. The summed E-state index contributed by atoms with van der Waals surface area (Å²) in [4.78, 5) is 1.81. The summed E-state index contributed by atoms with van der Waals surface area (Å²) in [5.74, 6) is 5.91. The van der Waals surface area contributed by atoms with Crippen molar-refractivity contribution in [3.63, 3.8) is 0 Å². The van der Waals surface area contributed by atoms with E-state index < -0.39 is 10.0 Å². The van der Waals surface area contributed by atoms with E-state index in [4.69, 9.17) is 15.3 Å². The lowest BCUT2D eigenvalue weighted by atomic mass is 10.3. The summed E-state index contributed by atoms with van der Waals surface area (Å²) < 4.78 is 33.6. The zero-order chi connectivity index (χ0) is 11.6. The molecule has 0 saturated carbocycles. The van der Waals surface area contributed by atoms with Crippen LogP contribution in [0.1, 0.15) is 6.42 Å². The summed E-state index contributed by atoms with van der Waals surface area (Å²) in [7, 11) is -3.65. The van der Waals surface area contributed by atoms with Crippen molar-refractivity contribution in [1.29, 1.82) is 0 Å². The molecule has 1 aliphatic heterocycles. The summed E-state index contributed by atoms with van der Waals surface area (Å²) in [5, 5.41) is 0. The first kappa shape index (κ1) is 11.2. The molecule has 88 valence electrons. The van der Waals surface area contributed by atoms with Crippen LogP contribution in [0, 0.1) is 0 Å². The van der Waals surface area contributed by atoms with Gasteiger partial charge in [0.2, 0.25) is 0 Å². The highest BCUT2D eigenvalue weighted by atomic mass is 32.2. The molecule has 6 nitrogen and oxygen atoms in total. The lowest BCUT2D eigenvalue weighted by Gasteiger charge is -2.09. The number of hydrogen-bond donors (Lipinski definition) is 2. The maximum atomic E-state index is 11.4. The second-order valence-corrected chi connectivity index (χ2v) is 4.99. The molecule has 7 heteroatoms. The van der Waals surface area contributed by atoms with Gasteiger partial charge in [-0.05, 0) is 12.1 Å². The molecule has 0 aliphatic carbocycles. The first-order chi connectivity index (χ1) is 7.63. The Balaban J connectivity index is 2.42. The van der Waals surface area contributed by atoms with E-state index >= 15 is 0 Å². The fraction of sp³-hybridized carbons (Fsp3) is 0.333. The Morgan fingerprint density at radius 2 is 1.88 bits per heavy atom. The topological polar surface area (TPSA) is 90.7 Å². The van der Waals surface area contributed by atoms with Crippen molar-refractivity contribution in [1.82, 2.24) is 4.83 Å². The van der Waals surface area contributed by atoms with Crippen molar-refractivity contribution < 1.29 is 17.9 Å². The molecule has 16 heavy (non-hydrogen) atoms. The van der Waals surface area contributed by atoms with Crippen LogP contribution in [0.15, 0.2) is 23.1 Å². The molecular weight excluding hydrogens is 232 g/mol. The summed E-state index contributed by atoms with van der Waals surface area (Å²) in [6, 6.07) is 4.38. The van der Waals surface area contributed by atoms with Crippen LogP contribution in [-0.4, -0.2) is 21.6 Å². The molecule has 0 amide bonds. The lowest BCUT2D eigenvalue weighted by molar-refractivity contribution is 0.297. The van der Waals surface area contributed by atoms with E-state index in [2.05, 4.69) is 0 Å². The molecule has 0 radical (unpaired) electrons. The zero-order valence-electron chi connectivity index (χ0n) is 8.47. The van der Waals surface area contributed by atoms with Crippen LogP contribution in [0.2, 0.25) is 0 Å². The summed E-state index contributed by atoms with van der Waals surface area (Å²) in [6.45, 7) is 1.07. The zero-order valence-corrected chi connectivity index (χ0v) is 9.29. The molecule has 1 aromatic rings. The van der Waals surface area contributed by atoms with E-state index in [0.29, 0.717) is 24.7 Å². The molecule has 3 N–H and O–H groups in total. The quantitative estimate of drug-likeness (QED) is 0.564. The molecule has 0 atom stereocenters. The number of ether oxygens (including phenoxy) is 2. The maximum Gasteiger partial charge on any atom is 0.253 e. The van der Waals surface area contributed by atoms with Gasteiger partial charge in [-0.1, -0.05) is 0 Å². The molecule has 0 aromatic heterocycles. The monoisotopic (exact) mass is 244 g/mol. The Hall–Kier alpha value is -1.31. The highest BCUT2D eigenvalue weighted by Crippen LogP contribution is 2.31. The number of benzene rings is 1. The Bertz CT molecular complexity index is 486. The van der Waals surface area contributed by atoms with Crippen LogP contribution >= 0.6 is 0 Å². The van der Waals surface area contributed by atoms with E-state index in [1.807, 2.05) is 0 Å². The molecule has 0 bridgehead atoms. The van der Waals surface area contributed by atoms with E-state index in [1.54, 1.807) is 10.9 Å². The van der Waals surface area contributed by atoms with Crippen LogP contribution in [0.5, 0.6) is 11.5 Å². The molecule has 0 saturated heterocycles.